The van der Waals surface area contributed by atoms with Gasteiger partial charge in [0.05, 0.1) is 12.6 Å². The molecule has 20 heavy (non-hydrogen) atoms. The van der Waals surface area contributed by atoms with Gasteiger partial charge in [-0.15, -0.1) is 0 Å². The van der Waals surface area contributed by atoms with Gasteiger partial charge in [0.15, 0.2) is 0 Å². The van der Waals surface area contributed by atoms with E-state index in [4.69, 9.17) is 11.6 Å². The Labute approximate surface area is 126 Å². The standard InChI is InChI=1S/C16H25ClN2O/c1-2-8-18-11-13-6-7-14(17)10-16(13)19-9-4-3-5-15(19)12-20/h6-7,10,15,18,20H,2-5,8-9,11-12H2,1H3. The molecule has 1 heterocycles. The van der Waals surface area contributed by atoms with Crippen molar-refractivity contribution in [3.05, 3.63) is 28.8 Å². The van der Waals surface area contributed by atoms with Gasteiger partial charge in [-0.1, -0.05) is 24.6 Å². The van der Waals surface area contributed by atoms with Crippen molar-refractivity contribution in [2.24, 2.45) is 0 Å². The number of aliphatic hydroxyl groups excluding tert-OH is 1. The van der Waals surface area contributed by atoms with Gasteiger partial charge in [0.1, 0.15) is 0 Å². The van der Waals surface area contributed by atoms with Crippen LogP contribution in [0.5, 0.6) is 0 Å². The van der Waals surface area contributed by atoms with Crippen LogP contribution in [0.15, 0.2) is 18.2 Å². The van der Waals surface area contributed by atoms with E-state index in [0.29, 0.717) is 0 Å². The molecule has 0 aromatic heterocycles. The highest BCUT2D eigenvalue weighted by Gasteiger charge is 2.23. The summed E-state index contributed by atoms with van der Waals surface area (Å²) in [6.45, 7) is 5.27. The molecule has 1 saturated heterocycles. The van der Waals surface area contributed by atoms with E-state index in [9.17, 15) is 5.11 Å². The first-order valence-electron chi connectivity index (χ1n) is 7.63. The highest BCUT2D eigenvalue weighted by molar-refractivity contribution is 6.30. The molecule has 0 amide bonds. The van der Waals surface area contributed by atoms with Crippen LogP contribution in [-0.4, -0.2) is 30.8 Å². The van der Waals surface area contributed by atoms with Crippen molar-refractivity contribution in [2.75, 3.05) is 24.6 Å². The number of nitrogens with one attached hydrogen (secondary N) is 1. The molecule has 3 nitrogen and oxygen atoms in total. The number of benzene rings is 1. The zero-order chi connectivity index (χ0) is 14.4. The fourth-order valence-corrected chi connectivity index (χ4v) is 3.03. The first kappa shape index (κ1) is 15.6. The summed E-state index contributed by atoms with van der Waals surface area (Å²) in [5.74, 6) is 0. The van der Waals surface area contributed by atoms with Gasteiger partial charge in [0.2, 0.25) is 0 Å². The van der Waals surface area contributed by atoms with Crippen molar-refractivity contribution in [1.82, 2.24) is 5.32 Å². The first-order chi connectivity index (χ1) is 9.76. The van der Waals surface area contributed by atoms with Crippen molar-refractivity contribution in [3.63, 3.8) is 0 Å². The van der Waals surface area contributed by atoms with E-state index in [1.807, 2.05) is 12.1 Å². The molecule has 1 fully saturated rings. The van der Waals surface area contributed by atoms with Gasteiger partial charge in [-0.05, 0) is 49.9 Å². The van der Waals surface area contributed by atoms with Gasteiger partial charge in [-0.3, -0.25) is 0 Å². The molecule has 0 radical (unpaired) electrons. The van der Waals surface area contributed by atoms with Crippen molar-refractivity contribution in [2.45, 2.75) is 45.2 Å². The van der Waals surface area contributed by atoms with E-state index in [-0.39, 0.29) is 12.6 Å². The topological polar surface area (TPSA) is 35.5 Å². The van der Waals surface area contributed by atoms with Crippen molar-refractivity contribution < 1.29 is 5.11 Å². The van der Waals surface area contributed by atoms with Crippen LogP contribution in [0.2, 0.25) is 5.02 Å². The number of rotatable bonds is 6. The minimum atomic E-state index is 0.217. The molecule has 1 aromatic carbocycles. The first-order valence-corrected chi connectivity index (χ1v) is 8.00. The summed E-state index contributed by atoms with van der Waals surface area (Å²) in [6.07, 6.45) is 4.58. The van der Waals surface area contributed by atoms with E-state index < -0.39 is 0 Å². The van der Waals surface area contributed by atoms with E-state index in [1.54, 1.807) is 0 Å². The van der Waals surface area contributed by atoms with Crippen LogP contribution < -0.4 is 10.2 Å². The lowest BCUT2D eigenvalue weighted by Gasteiger charge is -2.38. The highest BCUT2D eigenvalue weighted by Crippen LogP contribution is 2.30. The van der Waals surface area contributed by atoms with E-state index >= 15 is 0 Å². The lowest BCUT2D eigenvalue weighted by atomic mass is 10.00. The Bertz CT molecular complexity index is 425. The molecule has 1 atom stereocenters. The minimum absolute atomic E-state index is 0.217. The molecule has 0 spiro atoms. The number of hydrogen-bond donors (Lipinski definition) is 2. The molecule has 0 bridgehead atoms. The maximum Gasteiger partial charge on any atom is 0.0635 e. The second kappa shape index (κ2) is 7.87. The van der Waals surface area contributed by atoms with Gasteiger partial charge in [0, 0.05) is 23.8 Å². The van der Waals surface area contributed by atoms with Gasteiger partial charge < -0.3 is 15.3 Å². The molecule has 2 rings (SSSR count). The van der Waals surface area contributed by atoms with Gasteiger partial charge in [0.25, 0.3) is 0 Å². The summed E-state index contributed by atoms with van der Waals surface area (Å²) in [4.78, 5) is 2.33. The number of halogens is 1. The summed E-state index contributed by atoms with van der Waals surface area (Å²) in [5.41, 5.74) is 2.45. The molecule has 4 heteroatoms. The zero-order valence-electron chi connectivity index (χ0n) is 12.2. The van der Waals surface area contributed by atoms with Gasteiger partial charge in [-0.2, -0.15) is 0 Å². The summed E-state index contributed by atoms with van der Waals surface area (Å²) in [5, 5.41) is 13.8. The second-order valence-corrected chi connectivity index (χ2v) is 5.91. The van der Waals surface area contributed by atoms with Crippen LogP contribution >= 0.6 is 11.6 Å². The smallest absolute Gasteiger partial charge is 0.0635 e. The lowest BCUT2D eigenvalue weighted by Crippen LogP contribution is -2.42. The van der Waals surface area contributed by atoms with Crippen LogP contribution in [0.3, 0.4) is 0 Å². The third kappa shape index (κ3) is 3.87. The molecule has 1 aliphatic heterocycles. The highest BCUT2D eigenvalue weighted by atomic mass is 35.5. The average molecular weight is 297 g/mol. The molecule has 112 valence electrons. The van der Waals surface area contributed by atoms with Crippen molar-refractivity contribution in [1.29, 1.82) is 0 Å². The lowest BCUT2D eigenvalue weighted by molar-refractivity contribution is 0.240. The number of hydrogen-bond acceptors (Lipinski definition) is 3. The Morgan fingerprint density at radius 1 is 1.40 bits per heavy atom. The second-order valence-electron chi connectivity index (χ2n) is 5.48. The quantitative estimate of drug-likeness (QED) is 0.792. The monoisotopic (exact) mass is 296 g/mol. The molecular weight excluding hydrogens is 272 g/mol. The third-order valence-electron chi connectivity index (χ3n) is 3.94. The Morgan fingerprint density at radius 2 is 2.25 bits per heavy atom. The largest absolute Gasteiger partial charge is 0.394 e. The molecule has 0 aliphatic carbocycles. The van der Waals surface area contributed by atoms with Gasteiger partial charge >= 0.3 is 0 Å². The van der Waals surface area contributed by atoms with Gasteiger partial charge in [-0.25, -0.2) is 0 Å². The summed E-state index contributed by atoms with van der Waals surface area (Å²) < 4.78 is 0. The fraction of sp³-hybridized carbons (Fsp3) is 0.625. The molecule has 1 unspecified atom stereocenters. The minimum Gasteiger partial charge on any atom is -0.394 e. The summed E-state index contributed by atoms with van der Waals surface area (Å²) >= 11 is 6.18. The molecule has 1 aromatic rings. The Kier molecular flexibility index (Phi) is 6.14. The Balaban J connectivity index is 2.20. The van der Waals surface area contributed by atoms with E-state index in [1.165, 1.54) is 24.1 Å². The fourth-order valence-electron chi connectivity index (χ4n) is 2.86. The Morgan fingerprint density at radius 3 is 3.00 bits per heavy atom. The van der Waals surface area contributed by atoms with Crippen LogP contribution in [0.1, 0.15) is 38.2 Å². The Hall–Kier alpha value is -0.770. The predicted octanol–water partition coefficient (Wildman–Crippen LogP) is 3.19. The third-order valence-corrected chi connectivity index (χ3v) is 4.17. The van der Waals surface area contributed by atoms with Crippen LogP contribution in [-0.2, 0) is 6.54 Å². The van der Waals surface area contributed by atoms with Crippen LogP contribution in [0.25, 0.3) is 0 Å². The molecule has 2 N–H and O–H groups in total. The SMILES string of the molecule is CCCNCc1ccc(Cl)cc1N1CCCCC1CO. The number of nitrogens with zero attached hydrogens (tertiary/aromatic N) is 1. The maximum absolute atomic E-state index is 9.61. The number of piperidine rings is 1. The summed E-state index contributed by atoms with van der Waals surface area (Å²) in [6, 6.07) is 6.32. The maximum atomic E-state index is 9.61. The molecule has 0 saturated carbocycles. The van der Waals surface area contributed by atoms with E-state index in [2.05, 4.69) is 23.2 Å². The average Bonchev–Trinajstić information content (AvgIpc) is 2.49. The number of anilines is 1. The zero-order valence-corrected chi connectivity index (χ0v) is 13.0. The van der Waals surface area contributed by atoms with Crippen molar-refractivity contribution in [3.8, 4) is 0 Å². The van der Waals surface area contributed by atoms with Crippen molar-refractivity contribution >= 4 is 17.3 Å². The normalized spacial score (nSPS) is 19.4. The molecular formula is C16H25ClN2O. The summed E-state index contributed by atoms with van der Waals surface area (Å²) in [7, 11) is 0. The van der Waals surface area contributed by atoms with Crippen LogP contribution in [0, 0.1) is 0 Å². The number of aliphatic hydroxyl groups is 1. The van der Waals surface area contributed by atoms with E-state index in [0.717, 1.165) is 37.5 Å². The van der Waals surface area contributed by atoms with Crippen LogP contribution in [0.4, 0.5) is 5.69 Å². The predicted molar refractivity (Wildman–Crippen MR) is 85.5 cm³/mol. The molecule has 1 aliphatic rings.